The normalized spacial score (nSPS) is 18.0. The van der Waals surface area contributed by atoms with Gasteiger partial charge < -0.3 is 19.5 Å². The molecule has 1 N–H and O–H groups in total. The molecular formula is C17H28N4O2. The summed E-state index contributed by atoms with van der Waals surface area (Å²) in [6.45, 7) is 7.99. The Kier molecular flexibility index (Phi) is 4.62. The third-order valence-corrected chi connectivity index (χ3v) is 4.14. The number of ether oxygens (including phenoxy) is 1. The SMILES string of the molecule is CC(C)(C)OC(=O)N(CCNCc1cncn1C1CC1)C1CC1. The first-order valence-electron chi connectivity index (χ1n) is 8.65. The van der Waals surface area contributed by atoms with E-state index in [0.717, 1.165) is 25.9 Å². The Bertz CT molecular complexity index is 541. The number of rotatable bonds is 7. The molecule has 0 aliphatic heterocycles. The van der Waals surface area contributed by atoms with Crippen LogP contribution < -0.4 is 5.32 Å². The Hall–Kier alpha value is -1.56. The van der Waals surface area contributed by atoms with E-state index in [1.807, 2.05) is 38.2 Å². The molecule has 0 saturated heterocycles. The number of carbonyl (C=O) groups excluding carboxylic acids is 1. The van der Waals surface area contributed by atoms with Gasteiger partial charge in [-0.25, -0.2) is 9.78 Å². The van der Waals surface area contributed by atoms with E-state index in [-0.39, 0.29) is 6.09 Å². The zero-order valence-electron chi connectivity index (χ0n) is 14.4. The molecule has 128 valence electrons. The van der Waals surface area contributed by atoms with Crippen molar-refractivity contribution >= 4 is 6.09 Å². The monoisotopic (exact) mass is 320 g/mol. The van der Waals surface area contributed by atoms with Crippen molar-refractivity contribution in [2.24, 2.45) is 0 Å². The maximum atomic E-state index is 12.3. The Morgan fingerprint density at radius 2 is 2.13 bits per heavy atom. The van der Waals surface area contributed by atoms with Crippen LogP contribution in [0.3, 0.4) is 0 Å². The molecule has 2 aliphatic rings. The summed E-state index contributed by atoms with van der Waals surface area (Å²) in [5.41, 5.74) is 0.789. The first-order chi connectivity index (χ1) is 10.9. The van der Waals surface area contributed by atoms with Crippen LogP contribution in [0.5, 0.6) is 0 Å². The van der Waals surface area contributed by atoms with E-state index in [1.165, 1.54) is 18.5 Å². The van der Waals surface area contributed by atoms with Crippen LogP contribution in [0.15, 0.2) is 12.5 Å². The molecule has 2 aliphatic carbocycles. The van der Waals surface area contributed by atoms with Gasteiger partial charge in [0.15, 0.2) is 0 Å². The van der Waals surface area contributed by atoms with Crippen molar-refractivity contribution in [3.63, 3.8) is 0 Å². The summed E-state index contributed by atoms with van der Waals surface area (Å²) in [7, 11) is 0. The summed E-state index contributed by atoms with van der Waals surface area (Å²) in [4.78, 5) is 18.4. The molecule has 2 fully saturated rings. The van der Waals surface area contributed by atoms with Crippen molar-refractivity contribution < 1.29 is 9.53 Å². The van der Waals surface area contributed by atoms with E-state index < -0.39 is 5.60 Å². The minimum Gasteiger partial charge on any atom is -0.444 e. The second kappa shape index (κ2) is 6.51. The van der Waals surface area contributed by atoms with Gasteiger partial charge in [-0.05, 0) is 46.5 Å². The molecule has 0 atom stereocenters. The zero-order chi connectivity index (χ0) is 16.4. The van der Waals surface area contributed by atoms with E-state index in [9.17, 15) is 4.79 Å². The van der Waals surface area contributed by atoms with E-state index in [2.05, 4.69) is 14.9 Å². The molecule has 1 aromatic heterocycles. The highest BCUT2D eigenvalue weighted by Crippen LogP contribution is 2.35. The highest BCUT2D eigenvalue weighted by atomic mass is 16.6. The summed E-state index contributed by atoms with van der Waals surface area (Å²) in [5, 5.41) is 3.43. The summed E-state index contributed by atoms with van der Waals surface area (Å²) >= 11 is 0. The second-order valence-electron chi connectivity index (χ2n) is 7.61. The van der Waals surface area contributed by atoms with Crippen LogP contribution in [0.4, 0.5) is 4.79 Å². The molecule has 6 heteroatoms. The summed E-state index contributed by atoms with van der Waals surface area (Å²) in [6.07, 6.45) is 8.37. The van der Waals surface area contributed by atoms with Gasteiger partial charge in [-0.1, -0.05) is 0 Å². The Labute approximate surface area is 138 Å². The van der Waals surface area contributed by atoms with Gasteiger partial charge in [0.25, 0.3) is 0 Å². The lowest BCUT2D eigenvalue weighted by molar-refractivity contribution is 0.0236. The Morgan fingerprint density at radius 1 is 1.39 bits per heavy atom. The fourth-order valence-corrected chi connectivity index (χ4v) is 2.70. The fourth-order valence-electron chi connectivity index (χ4n) is 2.70. The predicted molar refractivity (Wildman–Crippen MR) is 88.2 cm³/mol. The molecule has 3 rings (SSSR count). The van der Waals surface area contributed by atoms with Crippen LogP contribution in [-0.4, -0.2) is 45.3 Å². The number of hydrogen-bond acceptors (Lipinski definition) is 4. The fraction of sp³-hybridized carbons (Fsp3) is 0.765. The van der Waals surface area contributed by atoms with Gasteiger partial charge in [0, 0.05) is 37.9 Å². The Balaban J connectivity index is 1.44. The quantitative estimate of drug-likeness (QED) is 0.785. The van der Waals surface area contributed by atoms with Crippen molar-refractivity contribution in [2.75, 3.05) is 13.1 Å². The molecular weight excluding hydrogens is 292 g/mol. The molecule has 0 radical (unpaired) electrons. The third-order valence-electron chi connectivity index (χ3n) is 4.14. The molecule has 1 aromatic rings. The first-order valence-corrected chi connectivity index (χ1v) is 8.65. The molecule has 1 heterocycles. The summed E-state index contributed by atoms with van der Waals surface area (Å²) in [5.74, 6) is 0. The minimum atomic E-state index is -0.436. The van der Waals surface area contributed by atoms with E-state index in [1.54, 1.807) is 0 Å². The third kappa shape index (κ3) is 4.70. The van der Waals surface area contributed by atoms with Crippen LogP contribution in [0.2, 0.25) is 0 Å². The average molecular weight is 320 g/mol. The highest BCUT2D eigenvalue weighted by molar-refractivity contribution is 5.69. The molecule has 0 unspecified atom stereocenters. The summed E-state index contributed by atoms with van der Waals surface area (Å²) in [6, 6.07) is 1.02. The maximum absolute atomic E-state index is 12.3. The van der Waals surface area contributed by atoms with Crippen LogP contribution >= 0.6 is 0 Å². The van der Waals surface area contributed by atoms with Gasteiger partial charge in [0.2, 0.25) is 0 Å². The van der Waals surface area contributed by atoms with Gasteiger partial charge in [-0.15, -0.1) is 0 Å². The number of aromatic nitrogens is 2. The van der Waals surface area contributed by atoms with Crippen LogP contribution in [0, 0.1) is 0 Å². The summed E-state index contributed by atoms with van der Waals surface area (Å²) < 4.78 is 7.77. The number of nitrogens with zero attached hydrogens (tertiary/aromatic N) is 3. The second-order valence-corrected chi connectivity index (χ2v) is 7.61. The topological polar surface area (TPSA) is 59.4 Å². The van der Waals surface area contributed by atoms with Crippen molar-refractivity contribution in [3.05, 3.63) is 18.2 Å². The largest absolute Gasteiger partial charge is 0.444 e. The lowest BCUT2D eigenvalue weighted by atomic mass is 10.2. The smallest absolute Gasteiger partial charge is 0.410 e. The molecule has 6 nitrogen and oxygen atoms in total. The van der Waals surface area contributed by atoms with Crippen LogP contribution in [-0.2, 0) is 11.3 Å². The van der Waals surface area contributed by atoms with Crippen molar-refractivity contribution in [1.29, 1.82) is 0 Å². The van der Waals surface area contributed by atoms with Crippen LogP contribution in [0.1, 0.15) is 58.2 Å². The van der Waals surface area contributed by atoms with Gasteiger partial charge in [0.1, 0.15) is 5.60 Å². The van der Waals surface area contributed by atoms with E-state index in [4.69, 9.17) is 4.74 Å². The molecule has 0 bridgehead atoms. The lowest BCUT2D eigenvalue weighted by Crippen LogP contribution is -2.41. The molecule has 1 amide bonds. The molecule has 0 spiro atoms. The van der Waals surface area contributed by atoms with Crippen LogP contribution in [0.25, 0.3) is 0 Å². The van der Waals surface area contributed by atoms with Gasteiger partial charge in [-0.2, -0.15) is 0 Å². The Morgan fingerprint density at radius 3 is 2.74 bits per heavy atom. The minimum absolute atomic E-state index is 0.190. The van der Waals surface area contributed by atoms with Crippen molar-refractivity contribution in [3.8, 4) is 0 Å². The molecule has 2 saturated carbocycles. The highest BCUT2D eigenvalue weighted by Gasteiger charge is 2.34. The van der Waals surface area contributed by atoms with E-state index >= 15 is 0 Å². The molecule has 0 aromatic carbocycles. The average Bonchev–Trinajstić information content (AvgIpc) is 3.36. The van der Waals surface area contributed by atoms with Crippen molar-refractivity contribution in [2.45, 2.75) is 70.7 Å². The maximum Gasteiger partial charge on any atom is 0.410 e. The van der Waals surface area contributed by atoms with E-state index in [0.29, 0.717) is 18.6 Å². The predicted octanol–water partition coefficient (Wildman–Crippen LogP) is 2.71. The standard InChI is InChI=1S/C17H28N4O2/c1-17(2,3)23-16(22)20(13-4-5-13)9-8-18-10-15-11-19-12-21(15)14-6-7-14/h11-14,18H,4-10H2,1-3H3. The lowest BCUT2D eigenvalue weighted by Gasteiger charge is -2.27. The first kappa shape index (κ1) is 16.3. The number of carbonyl (C=O) groups is 1. The number of nitrogens with one attached hydrogen (secondary N) is 1. The number of amides is 1. The van der Waals surface area contributed by atoms with Gasteiger partial charge in [0.05, 0.1) is 12.0 Å². The molecule has 23 heavy (non-hydrogen) atoms. The zero-order valence-corrected chi connectivity index (χ0v) is 14.4. The van der Waals surface area contributed by atoms with Gasteiger partial charge >= 0.3 is 6.09 Å². The number of imidazole rings is 1. The number of hydrogen-bond donors (Lipinski definition) is 1. The van der Waals surface area contributed by atoms with Crippen molar-refractivity contribution in [1.82, 2.24) is 19.8 Å². The van der Waals surface area contributed by atoms with Gasteiger partial charge in [-0.3, -0.25) is 0 Å².